The van der Waals surface area contributed by atoms with Crippen LogP contribution >= 0.6 is 0 Å². The molecule has 0 aromatic carbocycles. The second kappa shape index (κ2) is 11.8. The summed E-state index contributed by atoms with van der Waals surface area (Å²) in [6, 6.07) is 0. The minimum absolute atomic E-state index is 0.0721. The van der Waals surface area contributed by atoms with E-state index in [9.17, 15) is 9.90 Å². The van der Waals surface area contributed by atoms with E-state index in [1.165, 1.54) is 0 Å². The van der Waals surface area contributed by atoms with Gasteiger partial charge in [0.1, 0.15) is 6.10 Å². The highest BCUT2D eigenvalue weighted by Crippen LogP contribution is 2.23. The Morgan fingerprint density at radius 3 is 2.58 bits per heavy atom. The van der Waals surface area contributed by atoms with Crippen molar-refractivity contribution in [2.75, 3.05) is 33.0 Å². The SMILES string of the molecule is CC(C)OCCOCCC(=O)NCC1CC(OC(C)C)C(CO)O1. The maximum absolute atomic E-state index is 11.8. The van der Waals surface area contributed by atoms with Crippen molar-refractivity contribution in [3.05, 3.63) is 0 Å². The molecular weight excluding hydrogens is 314 g/mol. The lowest BCUT2D eigenvalue weighted by Gasteiger charge is -2.19. The van der Waals surface area contributed by atoms with Crippen LogP contribution in [0.3, 0.4) is 0 Å². The van der Waals surface area contributed by atoms with E-state index < -0.39 is 0 Å². The van der Waals surface area contributed by atoms with Crippen molar-refractivity contribution in [1.82, 2.24) is 5.32 Å². The molecule has 142 valence electrons. The fourth-order valence-corrected chi connectivity index (χ4v) is 2.51. The Hall–Kier alpha value is -0.730. The summed E-state index contributed by atoms with van der Waals surface area (Å²) < 4.78 is 22.2. The first-order valence-corrected chi connectivity index (χ1v) is 8.80. The first-order valence-electron chi connectivity index (χ1n) is 8.80. The third-order valence-electron chi connectivity index (χ3n) is 3.58. The highest BCUT2D eigenvalue weighted by Gasteiger charge is 2.36. The van der Waals surface area contributed by atoms with E-state index in [-0.39, 0.29) is 43.0 Å². The molecule has 0 saturated carbocycles. The van der Waals surface area contributed by atoms with Crippen LogP contribution in [0.25, 0.3) is 0 Å². The highest BCUT2D eigenvalue weighted by atomic mass is 16.6. The third kappa shape index (κ3) is 8.94. The van der Waals surface area contributed by atoms with Crippen LogP contribution in [0.5, 0.6) is 0 Å². The molecule has 3 atom stereocenters. The van der Waals surface area contributed by atoms with Gasteiger partial charge in [-0.3, -0.25) is 4.79 Å². The molecule has 1 heterocycles. The van der Waals surface area contributed by atoms with Crippen molar-refractivity contribution in [1.29, 1.82) is 0 Å². The number of carbonyl (C=O) groups excluding carboxylic acids is 1. The number of amides is 1. The second-order valence-corrected chi connectivity index (χ2v) is 6.52. The molecule has 7 nitrogen and oxygen atoms in total. The zero-order valence-electron chi connectivity index (χ0n) is 15.3. The number of ether oxygens (including phenoxy) is 4. The Morgan fingerprint density at radius 1 is 1.21 bits per heavy atom. The number of aliphatic hydroxyl groups is 1. The number of hydrogen-bond acceptors (Lipinski definition) is 6. The standard InChI is InChI=1S/C17H33NO6/c1-12(2)22-8-7-21-6-5-17(20)18-10-14-9-15(23-13(3)4)16(11-19)24-14/h12-16,19H,5-11H2,1-4H3,(H,18,20). The van der Waals surface area contributed by atoms with Crippen molar-refractivity contribution < 1.29 is 28.8 Å². The molecule has 0 spiro atoms. The van der Waals surface area contributed by atoms with Crippen LogP contribution in [0, 0.1) is 0 Å². The summed E-state index contributed by atoms with van der Waals surface area (Å²) in [4.78, 5) is 11.8. The Bertz CT molecular complexity index is 350. The summed E-state index contributed by atoms with van der Waals surface area (Å²) in [6.45, 7) is 9.59. The maximum Gasteiger partial charge on any atom is 0.222 e. The Kier molecular flexibility index (Phi) is 10.4. The van der Waals surface area contributed by atoms with Gasteiger partial charge in [0.2, 0.25) is 5.91 Å². The van der Waals surface area contributed by atoms with E-state index in [4.69, 9.17) is 18.9 Å². The van der Waals surface area contributed by atoms with Gasteiger partial charge < -0.3 is 29.4 Å². The highest BCUT2D eigenvalue weighted by molar-refractivity contribution is 5.75. The molecule has 0 bridgehead atoms. The minimum atomic E-state index is -0.321. The fraction of sp³-hybridized carbons (Fsp3) is 0.941. The van der Waals surface area contributed by atoms with Crippen molar-refractivity contribution in [2.24, 2.45) is 0 Å². The van der Waals surface area contributed by atoms with Crippen LogP contribution in [0.2, 0.25) is 0 Å². The topological polar surface area (TPSA) is 86.3 Å². The average Bonchev–Trinajstić information content (AvgIpc) is 2.89. The summed E-state index contributed by atoms with van der Waals surface area (Å²) in [5.41, 5.74) is 0. The normalized spacial score (nSPS) is 24.0. The molecule has 1 saturated heterocycles. The molecule has 0 aromatic heterocycles. The average molecular weight is 347 g/mol. The van der Waals surface area contributed by atoms with Crippen LogP contribution < -0.4 is 5.32 Å². The van der Waals surface area contributed by atoms with Crippen LogP contribution in [0.4, 0.5) is 0 Å². The van der Waals surface area contributed by atoms with Crippen LogP contribution in [0.1, 0.15) is 40.5 Å². The molecule has 0 aliphatic carbocycles. The van der Waals surface area contributed by atoms with Gasteiger partial charge in [0.05, 0.1) is 50.8 Å². The molecule has 7 heteroatoms. The van der Waals surface area contributed by atoms with Gasteiger partial charge in [-0.15, -0.1) is 0 Å². The zero-order valence-corrected chi connectivity index (χ0v) is 15.3. The molecule has 2 N–H and O–H groups in total. The summed E-state index contributed by atoms with van der Waals surface area (Å²) in [5, 5.41) is 12.2. The molecule has 1 aliphatic rings. The lowest BCUT2D eigenvalue weighted by Crippen LogP contribution is -2.33. The fourth-order valence-electron chi connectivity index (χ4n) is 2.51. The van der Waals surface area contributed by atoms with Crippen molar-refractivity contribution in [3.8, 4) is 0 Å². The number of hydrogen-bond donors (Lipinski definition) is 2. The van der Waals surface area contributed by atoms with Gasteiger partial charge in [0.25, 0.3) is 0 Å². The maximum atomic E-state index is 11.8. The summed E-state index contributed by atoms with van der Waals surface area (Å²) in [7, 11) is 0. The predicted molar refractivity (Wildman–Crippen MR) is 89.9 cm³/mol. The molecule has 1 fully saturated rings. The van der Waals surface area contributed by atoms with Gasteiger partial charge in [-0.05, 0) is 27.7 Å². The second-order valence-electron chi connectivity index (χ2n) is 6.52. The molecular formula is C17H33NO6. The largest absolute Gasteiger partial charge is 0.394 e. The number of aliphatic hydroxyl groups excluding tert-OH is 1. The minimum Gasteiger partial charge on any atom is -0.394 e. The van der Waals surface area contributed by atoms with Crippen molar-refractivity contribution in [2.45, 2.75) is 71.1 Å². The third-order valence-corrected chi connectivity index (χ3v) is 3.58. The van der Waals surface area contributed by atoms with E-state index in [0.717, 1.165) is 0 Å². The number of rotatable bonds is 12. The van der Waals surface area contributed by atoms with Gasteiger partial charge in [0.15, 0.2) is 0 Å². The molecule has 3 unspecified atom stereocenters. The van der Waals surface area contributed by atoms with Gasteiger partial charge >= 0.3 is 0 Å². The summed E-state index contributed by atoms with van der Waals surface area (Å²) in [5.74, 6) is -0.0721. The molecule has 1 amide bonds. The summed E-state index contributed by atoms with van der Waals surface area (Å²) >= 11 is 0. The van der Waals surface area contributed by atoms with Gasteiger partial charge in [-0.1, -0.05) is 0 Å². The lowest BCUT2D eigenvalue weighted by atomic mass is 10.1. The van der Waals surface area contributed by atoms with E-state index in [0.29, 0.717) is 39.2 Å². The molecule has 1 rings (SSSR count). The van der Waals surface area contributed by atoms with E-state index in [1.807, 2.05) is 27.7 Å². The Balaban J connectivity index is 2.12. The van der Waals surface area contributed by atoms with E-state index >= 15 is 0 Å². The Morgan fingerprint density at radius 2 is 1.96 bits per heavy atom. The number of carbonyl (C=O) groups is 1. The zero-order chi connectivity index (χ0) is 17.9. The van der Waals surface area contributed by atoms with Gasteiger partial charge in [-0.25, -0.2) is 0 Å². The van der Waals surface area contributed by atoms with Crippen LogP contribution in [-0.4, -0.2) is 74.5 Å². The quantitative estimate of drug-likeness (QED) is 0.510. The Labute approximate surface area is 145 Å². The van der Waals surface area contributed by atoms with Gasteiger partial charge in [-0.2, -0.15) is 0 Å². The van der Waals surface area contributed by atoms with Gasteiger partial charge in [0, 0.05) is 19.4 Å². The monoisotopic (exact) mass is 347 g/mol. The number of nitrogens with one attached hydrogen (secondary N) is 1. The molecule has 24 heavy (non-hydrogen) atoms. The van der Waals surface area contributed by atoms with Crippen LogP contribution in [0.15, 0.2) is 0 Å². The first-order chi connectivity index (χ1) is 11.4. The molecule has 0 radical (unpaired) electrons. The van der Waals surface area contributed by atoms with Crippen molar-refractivity contribution in [3.63, 3.8) is 0 Å². The molecule has 0 aromatic rings. The molecule has 1 aliphatic heterocycles. The predicted octanol–water partition coefficient (Wildman–Crippen LogP) is 0.878. The van der Waals surface area contributed by atoms with E-state index in [2.05, 4.69) is 5.32 Å². The van der Waals surface area contributed by atoms with Crippen LogP contribution in [-0.2, 0) is 23.7 Å². The lowest BCUT2D eigenvalue weighted by molar-refractivity contribution is -0.123. The van der Waals surface area contributed by atoms with E-state index in [1.54, 1.807) is 0 Å². The summed E-state index contributed by atoms with van der Waals surface area (Å²) in [6.07, 6.45) is 0.679. The van der Waals surface area contributed by atoms with Crippen molar-refractivity contribution >= 4 is 5.91 Å². The first kappa shape index (κ1) is 21.3. The smallest absolute Gasteiger partial charge is 0.222 e.